The second-order valence-electron chi connectivity index (χ2n) is 9.38. The number of aromatic nitrogens is 1. The Balaban J connectivity index is 1.37. The summed E-state index contributed by atoms with van der Waals surface area (Å²) in [7, 11) is 1.60. The fourth-order valence-electron chi connectivity index (χ4n) is 4.81. The van der Waals surface area contributed by atoms with Crippen LogP contribution in [-0.2, 0) is 0 Å². The van der Waals surface area contributed by atoms with Crippen molar-refractivity contribution in [3.63, 3.8) is 0 Å². The summed E-state index contributed by atoms with van der Waals surface area (Å²) < 4.78 is 34.4. The second-order valence-corrected chi connectivity index (χ2v) is 9.78. The van der Waals surface area contributed by atoms with Gasteiger partial charge in [0.1, 0.15) is 17.4 Å². The molecule has 10 heteroatoms. The molecule has 206 valence electrons. The van der Waals surface area contributed by atoms with Gasteiger partial charge in [0.05, 0.1) is 34.8 Å². The van der Waals surface area contributed by atoms with Crippen LogP contribution in [0.2, 0.25) is 5.02 Å². The van der Waals surface area contributed by atoms with E-state index in [0.29, 0.717) is 29.7 Å². The molecule has 1 aliphatic heterocycles. The lowest BCUT2D eigenvalue weighted by Crippen LogP contribution is -2.51. The van der Waals surface area contributed by atoms with E-state index in [4.69, 9.17) is 16.3 Å². The number of carbonyl (C=O) groups is 2. The summed E-state index contributed by atoms with van der Waals surface area (Å²) >= 11 is 6.57. The van der Waals surface area contributed by atoms with Gasteiger partial charge in [-0.1, -0.05) is 23.7 Å². The van der Waals surface area contributed by atoms with E-state index in [1.165, 1.54) is 11.0 Å². The van der Waals surface area contributed by atoms with E-state index in [-0.39, 0.29) is 24.7 Å². The number of hydrogen-bond acceptors (Lipinski definition) is 3. The maximum absolute atomic E-state index is 14.0. The van der Waals surface area contributed by atoms with Crippen LogP contribution in [0.1, 0.15) is 16.1 Å². The normalized spacial score (nSPS) is 13.3. The van der Waals surface area contributed by atoms with E-state index in [9.17, 15) is 18.4 Å². The Morgan fingerprint density at radius 2 is 1.57 bits per heavy atom. The number of amides is 3. The molecule has 0 bridgehead atoms. The Hall–Kier alpha value is -4.37. The molecule has 0 spiro atoms. The number of para-hydroxylation sites is 1. The number of ether oxygens (including phenoxy) is 1. The van der Waals surface area contributed by atoms with Crippen LogP contribution in [0.25, 0.3) is 16.9 Å². The Morgan fingerprint density at radius 3 is 2.23 bits per heavy atom. The van der Waals surface area contributed by atoms with Crippen LogP contribution < -0.4 is 10.1 Å². The highest BCUT2D eigenvalue weighted by molar-refractivity contribution is 6.32. The highest BCUT2D eigenvalue weighted by Crippen LogP contribution is 2.34. The first kappa shape index (κ1) is 27.2. The number of carbonyl (C=O) groups excluding carboxylic acids is 2. The topological polar surface area (TPSA) is 66.8 Å². The van der Waals surface area contributed by atoms with Gasteiger partial charge < -0.3 is 24.4 Å². The molecule has 1 aliphatic rings. The third-order valence-electron chi connectivity index (χ3n) is 6.98. The lowest BCUT2D eigenvalue weighted by molar-refractivity contribution is 0.0671. The Labute approximate surface area is 235 Å². The van der Waals surface area contributed by atoms with Crippen molar-refractivity contribution in [2.75, 3.05) is 38.6 Å². The van der Waals surface area contributed by atoms with Crippen molar-refractivity contribution in [1.82, 2.24) is 14.4 Å². The van der Waals surface area contributed by atoms with Gasteiger partial charge in [-0.25, -0.2) is 13.6 Å². The van der Waals surface area contributed by atoms with Gasteiger partial charge in [-0.05, 0) is 67.1 Å². The summed E-state index contributed by atoms with van der Waals surface area (Å²) in [6.07, 6.45) is 0. The number of benzene rings is 3. The highest BCUT2D eigenvalue weighted by atomic mass is 35.5. The van der Waals surface area contributed by atoms with Crippen LogP contribution in [0.4, 0.5) is 19.3 Å². The van der Waals surface area contributed by atoms with Crippen molar-refractivity contribution in [3.05, 3.63) is 101 Å². The maximum atomic E-state index is 14.0. The van der Waals surface area contributed by atoms with Gasteiger partial charge in [0.15, 0.2) is 0 Å². The van der Waals surface area contributed by atoms with Crippen LogP contribution >= 0.6 is 11.6 Å². The minimum absolute atomic E-state index is 0.104. The molecule has 0 saturated carbocycles. The average molecular weight is 565 g/mol. The molecule has 7 nitrogen and oxygen atoms in total. The van der Waals surface area contributed by atoms with E-state index in [1.807, 2.05) is 60.0 Å². The van der Waals surface area contributed by atoms with Crippen LogP contribution in [-0.4, -0.2) is 59.6 Å². The number of rotatable bonds is 5. The lowest BCUT2D eigenvalue weighted by Gasteiger charge is -2.34. The predicted octanol–water partition coefficient (Wildman–Crippen LogP) is 6.38. The number of nitrogens with one attached hydrogen (secondary N) is 1. The van der Waals surface area contributed by atoms with E-state index in [0.717, 1.165) is 34.5 Å². The van der Waals surface area contributed by atoms with Gasteiger partial charge >= 0.3 is 6.03 Å². The number of hydrogen-bond donors (Lipinski definition) is 1. The predicted molar refractivity (Wildman–Crippen MR) is 150 cm³/mol. The Bertz CT molecular complexity index is 1560. The third-order valence-corrected chi connectivity index (χ3v) is 7.30. The van der Waals surface area contributed by atoms with Crippen molar-refractivity contribution in [2.24, 2.45) is 0 Å². The molecule has 0 radical (unpaired) electrons. The molecule has 0 aliphatic carbocycles. The molecule has 3 amide bonds. The fourth-order valence-corrected chi connectivity index (χ4v) is 5.03. The van der Waals surface area contributed by atoms with Gasteiger partial charge in [0.25, 0.3) is 5.91 Å². The molecule has 2 heterocycles. The molecular weight excluding hydrogens is 538 g/mol. The second kappa shape index (κ2) is 11.4. The summed E-state index contributed by atoms with van der Waals surface area (Å²) in [4.78, 5) is 29.6. The average Bonchev–Trinajstić information content (AvgIpc) is 3.31. The smallest absolute Gasteiger partial charge is 0.322 e. The summed E-state index contributed by atoms with van der Waals surface area (Å²) in [6, 6.07) is 19.3. The molecule has 3 aromatic carbocycles. The van der Waals surface area contributed by atoms with Crippen LogP contribution in [0.5, 0.6) is 5.75 Å². The SMILES string of the molecule is COc1ccc(-c2cc(C(=O)N3CCN(C(=O)Nc4ccc(F)cc4F)CC3)c(C)n2-c2ccccc2Cl)cc1. The van der Waals surface area contributed by atoms with Crippen LogP contribution in [0, 0.1) is 18.6 Å². The first-order valence-electron chi connectivity index (χ1n) is 12.7. The summed E-state index contributed by atoms with van der Waals surface area (Å²) in [5.41, 5.74) is 3.59. The summed E-state index contributed by atoms with van der Waals surface area (Å²) in [5.74, 6) is -1.02. The fraction of sp³-hybridized carbons (Fsp3) is 0.200. The molecule has 1 saturated heterocycles. The van der Waals surface area contributed by atoms with Crippen LogP contribution in [0.3, 0.4) is 0 Å². The van der Waals surface area contributed by atoms with E-state index in [1.54, 1.807) is 18.1 Å². The van der Waals surface area contributed by atoms with Gasteiger partial charge in [0, 0.05) is 37.9 Å². The van der Waals surface area contributed by atoms with E-state index in [2.05, 4.69) is 5.32 Å². The largest absolute Gasteiger partial charge is 0.497 e. The molecule has 0 atom stereocenters. The number of urea groups is 1. The monoisotopic (exact) mass is 564 g/mol. The zero-order valence-corrected chi connectivity index (χ0v) is 22.7. The Morgan fingerprint density at radius 1 is 0.900 bits per heavy atom. The minimum Gasteiger partial charge on any atom is -0.497 e. The number of piperazine rings is 1. The summed E-state index contributed by atoms with van der Waals surface area (Å²) in [6.45, 7) is 3.00. The summed E-state index contributed by atoms with van der Waals surface area (Å²) in [5, 5.41) is 3.02. The van der Waals surface area contributed by atoms with Crippen molar-refractivity contribution in [1.29, 1.82) is 0 Å². The maximum Gasteiger partial charge on any atom is 0.322 e. The van der Waals surface area contributed by atoms with Gasteiger partial charge in [-0.2, -0.15) is 0 Å². The number of methoxy groups -OCH3 is 1. The first-order valence-corrected chi connectivity index (χ1v) is 13.1. The molecule has 1 aromatic heterocycles. The number of anilines is 1. The van der Waals surface area contributed by atoms with Crippen LogP contribution in [0.15, 0.2) is 72.8 Å². The standard InChI is InChI=1S/C30H27ClF2N4O3/c1-19-23(18-28(20-7-10-22(40-2)11-8-20)37(19)27-6-4-3-5-24(27)31)29(38)35-13-15-36(16-14-35)30(39)34-26-12-9-21(32)17-25(26)33/h3-12,17-18H,13-16H2,1-2H3,(H,34,39). The van der Waals surface area contributed by atoms with Crippen molar-refractivity contribution in [2.45, 2.75) is 6.92 Å². The lowest BCUT2D eigenvalue weighted by atomic mass is 10.1. The molecule has 5 rings (SSSR count). The first-order chi connectivity index (χ1) is 19.3. The molecular formula is C30H27ClF2N4O3. The Kier molecular flexibility index (Phi) is 7.75. The zero-order valence-electron chi connectivity index (χ0n) is 22.0. The molecule has 0 unspecified atom stereocenters. The van der Waals surface area contributed by atoms with Gasteiger partial charge in [0.2, 0.25) is 0 Å². The van der Waals surface area contributed by atoms with Crippen molar-refractivity contribution in [3.8, 4) is 22.7 Å². The van der Waals surface area contributed by atoms with E-state index < -0.39 is 17.7 Å². The third kappa shape index (κ3) is 5.37. The van der Waals surface area contributed by atoms with Crippen molar-refractivity contribution < 1.29 is 23.1 Å². The van der Waals surface area contributed by atoms with Crippen molar-refractivity contribution >= 4 is 29.2 Å². The molecule has 40 heavy (non-hydrogen) atoms. The zero-order chi connectivity index (χ0) is 28.4. The van der Waals surface area contributed by atoms with E-state index >= 15 is 0 Å². The van der Waals surface area contributed by atoms with Gasteiger partial charge in [-0.3, -0.25) is 4.79 Å². The minimum atomic E-state index is -0.853. The quantitative estimate of drug-likeness (QED) is 0.306. The van der Waals surface area contributed by atoms with Gasteiger partial charge in [-0.15, -0.1) is 0 Å². The number of nitrogens with zero attached hydrogens (tertiary/aromatic N) is 3. The number of halogens is 3. The molecule has 1 fully saturated rings. The molecule has 1 N–H and O–H groups in total. The molecule has 4 aromatic rings. The highest BCUT2D eigenvalue weighted by Gasteiger charge is 2.29.